The quantitative estimate of drug-likeness (QED) is 0.541. The Morgan fingerprint density at radius 2 is 2.12 bits per heavy atom. The number of rotatable bonds is 7. The van der Waals surface area contributed by atoms with E-state index in [-0.39, 0.29) is 12.5 Å². The van der Waals surface area contributed by atoms with Gasteiger partial charge in [-0.05, 0) is 50.9 Å². The highest BCUT2D eigenvalue weighted by molar-refractivity contribution is 5.66. The van der Waals surface area contributed by atoms with Crippen molar-refractivity contribution >= 4 is 6.09 Å². The minimum atomic E-state index is -0.812. The number of hydrogen-bond acceptors (Lipinski definition) is 5. The van der Waals surface area contributed by atoms with Crippen LogP contribution in [0.1, 0.15) is 52.9 Å². The first-order valence-corrected chi connectivity index (χ1v) is 9.84. The van der Waals surface area contributed by atoms with E-state index in [9.17, 15) is 9.90 Å². The van der Waals surface area contributed by atoms with Crippen LogP contribution in [0.5, 0.6) is 0 Å². The molecule has 0 aromatic rings. The van der Waals surface area contributed by atoms with Crippen molar-refractivity contribution in [3.8, 4) is 0 Å². The molecule has 1 saturated carbocycles. The van der Waals surface area contributed by atoms with E-state index < -0.39 is 12.4 Å². The van der Waals surface area contributed by atoms with Gasteiger partial charge in [0.2, 0.25) is 0 Å². The standard InChI is InChI=1S/C19H35NO5/c1-4-23-19(22)20-10-11-24-18(21)14(3)16-7-5-6-15-9-8-13(2)25-12-17(15)16/h13-18,21H,4-12H2,1-3H3,(H,20,22). The number of carbonyl (C=O) groups is 1. The van der Waals surface area contributed by atoms with Crippen molar-refractivity contribution in [3.63, 3.8) is 0 Å². The molecule has 2 rings (SSSR count). The van der Waals surface area contributed by atoms with Crippen LogP contribution in [0.25, 0.3) is 0 Å². The highest BCUT2D eigenvalue weighted by Crippen LogP contribution is 2.44. The zero-order valence-corrected chi connectivity index (χ0v) is 15.9. The molecular formula is C19H35NO5. The minimum Gasteiger partial charge on any atom is -0.450 e. The Labute approximate surface area is 151 Å². The van der Waals surface area contributed by atoms with Crippen molar-refractivity contribution in [2.75, 3.05) is 26.4 Å². The lowest BCUT2D eigenvalue weighted by atomic mass is 9.66. The smallest absolute Gasteiger partial charge is 0.407 e. The maximum absolute atomic E-state index is 11.2. The summed E-state index contributed by atoms with van der Waals surface area (Å²) in [5, 5.41) is 13.0. The van der Waals surface area contributed by atoms with Crippen LogP contribution in [0.15, 0.2) is 0 Å². The topological polar surface area (TPSA) is 77.0 Å². The molecule has 0 bridgehead atoms. The van der Waals surface area contributed by atoms with E-state index in [4.69, 9.17) is 14.2 Å². The van der Waals surface area contributed by atoms with Gasteiger partial charge < -0.3 is 24.6 Å². The van der Waals surface area contributed by atoms with E-state index in [1.54, 1.807) is 6.92 Å². The molecule has 0 spiro atoms. The summed E-state index contributed by atoms with van der Waals surface area (Å²) in [5.41, 5.74) is 0. The van der Waals surface area contributed by atoms with E-state index >= 15 is 0 Å². The Hall–Kier alpha value is -0.850. The number of aliphatic hydroxyl groups is 1. The van der Waals surface area contributed by atoms with Crippen LogP contribution in [-0.4, -0.2) is 50.0 Å². The average molecular weight is 357 g/mol. The van der Waals surface area contributed by atoms with Gasteiger partial charge in [0.05, 0.1) is 25.9 Å². The summed E-state index contributed by atoms with van der Waals surface area (Å²) in [6.45, 7) is 7.75. The number of fused-ring (bicyclic) bond motifs is 1. The molecule has 6 nitrogen and oxygen atoms in total. The third kappa shape index (κ3) is 6.12. The molecule has 6 atom stereocenters. The highest BCUT2D eigenvalue weighted by Gasteiger charge is 2.40. The third-order valence-corrected chi connectivity index (χ3v) is 5.85. The maximum atomic E-state index is 11.2. The molecule has 0 aromatic carbocycles. The maximum Gasteiger partial charge on any atom is 0.407 e. The molecule has 25 heavy (non-hydrogen) atoms. The summed E-state index contributed by atoms with van der Waals surface area (Å²) in [4.78, 5) is 11.2. The molecule has 1 saturated heterocycles. The first kappa shape index (κ1) is 20.5. The van der Waals surface area contributed by atoms with Crippen molar-refractivity contribution in [1.82, 2.24) is 5.32 Å². The van der Waals surface area contributed by atoms with Crippen LogP contribution in [0.2, 0.25) is 0 Å². The van der Waals surface area contributed by atoms with Gasteiger partial charge in [0.25, 0.3) is 0 Å². The molecular weight excluding hydrogens is 322 g/mol. The number of alkyl carbamates (subject to hydrolysis) is 1. The fourth-order valence-corrected chi connectivity index (χ4v) is 4.35. The van der Waals surface area contributed by atoms with Crippen molar-refractivity contribution in [2.45, 2.75) is 65.3 Å². The van der Waals surface area contributed by atoms with Crippen molar-refractivity contribution in [3.05, 3.63) is 0 Å². The van der Waals surface area contributed by atoms with Crippen LogP contribution in [0.4, 0.5) is 4.79 Å². The van der Waals surface area contributed by atoms with Crippen LogP contribution in [0, 0.1) is 23.7 Å². The van der Waals surface area contributed by atoms with E-state index in [2.05, 4.69) is 19.2 Å². The van der Waals surface area contributed by atoms with Crippen LogP contribution in [-0.2, 0) is 14.2 Å². The van der Waals surface area contributed by atoms with Gasteiger partial charge in [-0.15, -0.1) is 0 Å². The molecule has 2 fully saturated rings. The van der Waals surface area contributed by atoms with Crippen LogP contribution >= 0.6 is 0 Å². The Bertz CT molecular complexity index is 405. The largest absolute Gasteiger partial charge is 0.450 e. The fourth-order valence-electron chi connectivity index (χ4n) is 4.35. The van der Waals surface area contributed by atoms with Crippen LogP contribution in [0.3, 0.4) is 0 Å². The van der Waals surface area contributed by atoms with Crippen molar-refractivity contribution < 1.29 is 24.1 Å². The Kier molecular flexibility index (Phi) is 8.46. The lowest BCUT2D eigenvalue weighted by molar-refractivity contribution is -0.154. The summed E-state index contributed by atoms with van der Waals surface area (Å²) >= 11 is 0. The van der Waals surface area contributed by atoms with Gasteiger partial charge in [0.1, 0.15) is 0 Å². The van der Waals surface area contributed by atoms with Gasteiger partial charge in [-0.3, -0.25) is 0 Å². The zero-order valence-electron chi connectivity index (χ0n) is 15.9. The van der Waals surface area contributed by atoms with Crippen LogP contribution < -0.4 is 5.32 Å². The minimum absolute atomic E-state index is 0.0624. The van der Waals surface area contributed by atoms with E-state index in [1.807, 2.05) is 0 Å². The number of amides is 1. The molecule has 1 amide bonds. The normalized spacial score (nSPS) is 32.2. The second-order valence-corrected chi connectivity index (χ2v) is 7.51. The molecule has 1 aliphatic carbocycles. The summed E-state index contributed by atoms with van der Waals surface area (Å²) in [5.74, 6) is 1.72. The highest BCUT2D eigenvalue weighted by atomic mass is 16.6. The van der Waals surface area contributed by atoms with Gasteiger partial charge in [0.15, 0.2) is 6.29 Å². The Morgan fingerprint density at radius 3 is 2.88 bits per heavy atom. The first-order valence-electron chi connectivity index (χ1n) is 9.84. The monoisotopic (exact) mass is 357 g/mol. The molecule has 0 aromatic heterocycles. The van der Waals surface area contributed by atoms with Gasteiger partial charge in [0, 0.05) is 12.5 Å². The molecule has 1 aliphatic heterocycles. The number of hydrogen-bond donors (Lipinski definition) is 2. The van der Waals surface area contributed by atoms with Gasteiger partial charge in [-0.1, -0.05) is 19.8 Å². The van der Waals surface area contributed by atoms with E-state index in [1.165, 1.54) is 19.3 Å². The number of aliphatic hydroxyl groups excluding tert-OH is 1. The average Bonchev–Trinajstić information content (AvgIpc) is 2.80. The van der Waals surface area contributed by atoms with Gasteiger partial charge in [-0.25, -0.2) is 4.79 Å². The molecule has 0 radical (unpaired) electrons. The number of nitrogens with one attached hydrogen (secondary N) is 1. The number of carbonyl (C=O) groups excluding carboxylic acids is 1. The Balaban J connectivity index is 1.79. The summed E-state index contributed by atoms with van der Waals surface area (Å²) in [7, 11) is 0. The molecule has 6 unspecified atom stereocenters. The second-order valence-electron chi connectivity index (χ2n) is 7.51. The second kappa shape index (κ2) is 10.3. The zero-order chi connectivity index (χ0) is 18.2. The molecule has 1 heterocycles. The van der Waals surface area contributed by atoms with Gasteiger partial charge >= 0.3 is 6.09 Å². The summed E-state index contributed by atoms with van der Waals surface area (Å²) in [6, 6.07) is 0. The first-order chi connectivity index (χ1) is 12.0. The van der Waals surface area contributed by atoms with Crippen molar-refractivity contribution in [1.29, 1.82) is 0 Å². The SMILES string of the molecule is CCOC(=O)NCCOC(O)C(C)C1CCCC2CCC(C)OCC21. The Morgan fingerprint density at radius 1 is 1.32 bits per heavy atom. The number of ether oxygens (including phenoxy) is 3. The van der Waals surface area contributed by atoms with Gasteiger partial charge in [-0.2, -0.15) is 0 Å². The molecule has 6 heteroatoms. The van der Waals surface area contributed by atoms with E-state index in [0.717, 1.165) is 19.4 Å². The molecule has 2 N–H and O–H groups in total. The lowest BCUT2D eigenvalue weighted by Crippen LogP contribution is -2.40. The van der Waals surface area contributed by atoms with Crippen molar-refractivity contribution in [2.24, 2.45) is 23.7 Å². The van der Waals surface area contributed by atoms with E-state index in [0.29, 0.717) is 37.0 Å². The summed E-state index contributed by atoms with van der Waals surface area (Å²) in [6.07, 6.45) is 5.09. The third-order valence-electron chi connectivity index (χ3n) is 5.85. The predicted molar refractivity (Wildman–Crippen MR) is 95.1 cm³/mol. The predicted octanol–water partition coefficient (Wildman–Crippen LogP) is 2.94. The lowest BCUT2D eigenvalue weighted by Gasteiger charge is -2.41. The summed E-state index contributed by atoms with van der Waals surface area (Å²) < 4.78 is 16.3. The molecule has 146 valence electrons. The fraction of sp³-hybridized carbons (Fsp3) is 0.947. The molecule has 2 aliphatic rings.